The van der Waals surface area contributed by atoms with E-state index in [1.54, 1.807) is 6.07 Å². The molecular weight excluding hydrogens is 302 g/mol. The van der Waals surface area contributed by atoms with Crippen LogP contribution in [-0.4, -0.2) is 15.7 Å². The summed E-state index contributed by atoms with van der Waals surface area (Å²) in [5.74, 6) is -2.23. The van der Waals surface area contributed by atoms with Gasteiger partial charge in [-0.1, -0.05) is 0 Å². The first-order chi connectivity index (χ1) is 9.38. The maximum atomic E-state index is 13.5. The first-order valence-corrected chi connectivity index (χ1v) is 7.95. The summed E-state index contributed by atoms with van der Waals surface area (Å²) in [6, 6.07) is 4.54. The number of halogens is 2. The largest absolute Gasteiger partial charge is 0.293 e. The number of rotatable bonds is 4. The Kier molecular flexibility index (Phi) is 4.45. The molecule has 0 saturated heterocycles. The molecule has 20 heavy (non-hydrogen) atoms. The third-order valence-corrected chi connectivity index (χ3v) is 5.05. The van der Waals surface area contributed by atoms with Crippen LogP contribution in [0.1, 0.15) is 20.1 Å². The summed E-state index contributed by atoms with van der Waals surface area (Å²) in [6.07, 6.45) is 0. The second-order valence-corrected chi connectivity index (χ2v) is 7.19. The SMILES string of the molecule is Cc1cc(C(=O)CS(=O)c2ccc(F)cc2F)c(C)s1. The normalized spacial score (nSPS) is 12.4. The Labute approximate surface area is 121 Å². The molecule has 1 unspecified atom stereocenters. The maximum Gasteiger partial charge on any atom is 0.176 e. The first-order valence-electron chi connectivity index (χ1n) is 5.82. The number of benzene rings is 1. The fraction of sp³-hybridized carbons (Fsp3) is 0.214. The lowest BCUT2D eigenvalue weighted by molar-refractivity contribution is 0.102. The molecule has 2 rings (SSSR count). The van der Waals surface area contributed by atoms with Crippen molar-refractivity contribution in [2.45, 2.75) is 18.7 Å². The molecule has 6 heteroatoms. The van der Waals surface area contributed by atoms with Crippen molar-refractivity contribution in [1.82, 2.24) is 0 Å². The van der Waals surface area contributed by atoms with Gasteiger partial charge >= 0.3 is 0 Å². The van der Waals surface area contributed by atoms with Crippen molar-refractivity contribution >= 4 is 27.9 Å². The number of thiophene rings is 1. The van der Waals surface area contributed by atoms with Gasteiger partial charge < -0.3 is 0 Å². The van der Waals surface area contributed by atoms with E-state index in [1.807, 2.05) is 13.8 Å². The Hall–Kier alpha value is -1.40. The van der Waals surface area contributed by atoms with Gasteiger partial charge in [0.05, 0.1) is 21.4 Å². The van der Waals surface area contributed by atoms with Gasteiger partial charge in [-0.15, -0.1) is 11.3 Å². The zero-order valence-corrected chi connectivity index (χ0v) is 12.5. The van der Waals surface area contributed by atoms with Crippen molar-refractivity contribution in [2.75, 3.05) is 5.75 Å². The van der Waals surface area contributed by atoms with Crippen LogP contribution in [0.3, 0.4) is 0 Å². The zero-order valence-electron chi connectivity index (χ0n) is 10.9. The van der Waals surface area contributed by atoms with Gasteiger partial charge in [-0.25, -0.2) is 8.78 Å². The maximum absolute atomic E-state index is 13.5. The zero-order chi connectivity index (χ0) is 14.9. The van der Waals surface area contributed by atoms with Gasteiger partial charge in [0.25, 0.3) is 0 Å². The Morgan fingerprint density at radius 2 is 1.95 bits per heavy atom. The minimum atomic E-state index is -1.82. The third-order valence-electron chi connectivity index (χ3n) is 2.74. The number of Topliss-reactive ketones (excluding diaryl/α,β-unsaturated/α-hetero) is 1. The highest BCUT2D eigenvalue weighted by Crippen LogP contribution is 2.22. The van der Waals surface area contributed by atoms with E-state index in [0.29, 0.717) is 11.6 Å². The van der Waals surface area contributed by atoms with Crippen LogP contribution in [-0.2, 0) is 10.8 Å². The Morgan fingerprint density at radius 3 is 2.50 bits per heavy atom. The van der Waals surface area contributed by atoms with E-state index >= 15 is 0 Å². The van der Waals surface area contributed by atoms with Gasteiger partial charge in [-0.3, -0.25) is 9.00 Å². The molecule has 0 N–H and O–H groups in total. The van der Waals surface area contributed by atoms with Crippen LogP contribution >= 0.6 is 11.3 Å². The van der Waals surface area contributed by atoms with E-state index in [1.165, 1.54) is 11.3 Å². The molecule has 1 atom stereocenters. The highest BCUT2D eigenvalue weighted by atomic mass is 32.2. The lowest BCUT2D eigenvalue weighted by Crippen LogP contribution is -2.12. The van der Waals surface area contributed by atoms with Crippen LogP contribution in [0.25, 0.3) is 0 Å². The average molecular weight is 314 g/mol. The smallest absolute Gasteiger partial charge is 0.176 e. The van der Waals surface area contributed by atoms with Crippen LogP contribution in [0.2, 0.25) is 0 Å². The molecule has 0 aliphatic carbocycles. The molecule has 0 saturated carbocycles. The van der Waals surface area contributed by atoms with Crippen LogP contribution in [0.5, 0.6) is 0 Å². The monoisotopic (exact) mass is 314 g/mol. The summed E-state index contributed by atoms with van der Waals surface area (Å²) in [7, 11) is -1.82. The van der Waals surface area contributed by atoms with E-state index in [4.69, 9.17) is 0 Å². The van der Waals surface area contributed by atoms with Crippen molar-refractivity contribution in [3.63, 3.8) is 0 Å². The van der Waals surface area contributed by atoms with Crippen LogP contribution in [0.15, 0.2) is 29.2 Å². The minimum Gasteiger partial charge on any atom is -0.293 e. The fourth-order valence-electron chi connectivity index (χ4n) is 1.84. The molecule has 106 valence electrons. The van der Waals surface area contributed by atoms with Gasteiger partial charge in [0, 0.05) is 21.4 Å². The summed E-state index contributed by atoms with van der Waals surface area (Å²) in [5, 5.41) is 0. The molecular formula is C14H12F2O2S2. The van der Waals surface area contributed by atoms with Gasteiger partial charge in [0.2, 0.25) is 0 Å². The van der Waals surface area contributed by atoms with Crippen molar-refractivity contribution in [3.05, 3.63) is 51.2 Å². The van der Waals surface area contributed by atoms with Crippen LogP contribution < -0.4 is 0 Å². The first kappa shape index (κ1) is 15.0. The quantitative estimate of drug-likeness (QED) is 0.808. The van der Waals surface area contributed by atoms with Gasteiger partial charge in [-0.05, 0) is 32.0 Å². The van der Waals surface area contributed by atoms with Crippen molar-refractivity contribution in [2.24, 2.45) is 0 Å². The van der Waals surface area contributed by atoms with Crippen molar-refractivity contribution in [1.29, 1.82) is 0 Å². The van der Waals surface area contributed by atoms with E-state index < -0.39 is 22.4 Å². The topological polar surface area (TPSA) is 34.1 Å². The Balaban J connectivity index is 2.19. The summed E-state index contributed by atoms with van der Waals surface area (Å²) in [5.41, 5.74) is 0.517. The number of hydrogen-bond donors (Lipinski definition) is 0. The van der Waals surface area contributed by atoms with Crippen LogP contribution in [0.4, 0.5) is 8.78 Å². The molecule has 2 nitrogen and oxygen atoms in total. The lowest BCUT2D eigenvalue weighted by Gasteiger charge is -2.03. The van der Waals surface area contributed by atoms with E-state index in [0.717, 1.165) is 21.9 Å². The third kappa shape index (κ3) is 3.19. The molecule has 0 aliphatic heterocycles. The molecule has 2 aromatic rings. The molecule has 0 fully saturated rings. The second kappa shape index (κ2) is 5.93. The van der Waals surface area contributed by atoms with E-state index in [-0.39, 0.29) is 16.4 Å². The molecule has 1 aromatic heterocycles. The summed E-state index contributed by atoms with van der Waals surface area (Å²) in [6.45, 7) is 3.69. The number of carbonyl (C=O) groups excluding carboxylic acids is 1. The summed E-state index contributed by atoms with van der Waals surface area (Å²) in [4.78, 5) is 13.8. The number of hydrogen-bond acceptors (Lipinski definition) is 3. The average Bonchev–Trinajstić information content (AvgIpc) is 2.68. The highest BCUT2D eigenvalue weighted by Gasteiger charge is 2.18. The van der Waals surface area contributed by atoms with Crippen molar-refractivity contribution in [3.8, 4) is 0 Å². The van der Waals surface area contributed by atoms with Gasteiger partial charge in [0.1, 0.15) is 11.6 Å². The minimum absolute atomic E-state index is 0.149. The second-order valence-electron chi connectivity index (χ2n) is 4.31. The Bertz CT molecular complexity index is 692. The van der Waals surface area contributed by atoms with Crippen LogP contribution in [0, 0.1) is 25.5 Å². The standard InChI is InChI=1S/C14H12F2O2S2/c1-8-5-11(9(2)19-8)13(17)7-20(18)14-4-3-10(15)6-12(14)16/h3-6H,7H2,1-2H3. The number of ketones is 1. The van der Waals surface area contributed by atoms with E-state index in [2.05, 4.69) is 0 Å². The Morgan fingerprint density at radius 1 is 1.25 bits per heavy atom. The predicted molar refractivity (Wildman–Crippen MR) is 75.8 cm³/mol. The summed E-state index contributed by atoms with van der Waals surface area (Å²) < 4.78 is 38.3. The molecule has 0 amide bonds. The molecule has 0 aliphatic rings. The van der Waals surface area contributed by atoms with Gasteiger partial charge in [0.15, 0.2) is 5.78 Å². The molecule has 0 bridgehead atoms. The predicted octanol–water partition coefficient (Wildman–Crippen LogP) is 3.63. The highest BCUT2D eigenvalue weighted by molar-refractivity contribution is 7.85. The van der Waals surface area contributed by atoms with Crippen molar-refractivity contribution < 1.29 is 17.8 Å². The molecule has 1 heterocycles. The number of carbonyl (C=O) groups is 1. The molecule has 1 aromatic carbocycles. The number of aryl methyl sites for hydroxylation is 2. The van der Waals surface area contributed by atoms with E-state index in [9.17, 15) is 17.8 Å². The molecule has 0 spiro atoms. The molecule has 0 radical (unpaired) electrons. The lowest BCUT2D eigenvalue weighted by atomic mass is 10.2. The van der Waals surface area contributed by atoms with Gasteiger partial charge in [-0.2, -0.15) is 0 Å². The fourth-order valence-corrected chi connectivity index (χ4v) is 3.83. The summed E-state index contributed by atoms with van der Waals surface area (Å²) >= 11 is 1.48.